The monoisotopic (exact) mass is 1390 g/mol. The normalized spacial score (nSPS) is 13.1. The molecule has 0 aromatic heterocycles. The second-order valence-corrected chi connectivity index (χ2v) is 25.4. The van der Waals surface area contributed by atoms with Crippen LogP contribution in [-0.2, 0) is 0 Å². The molecule has 0 bridgehead atoms. The molecule has 0 atom stereocenters. The van der Waals surface area contributed by atoms with E-state index in [-0.39, 0.29) is 0 Å². The van der Waals surface area contributed by atoms with Gasteiger partial charge in [0.25, 0.3) is 0 Å². The lowest BCUT2D eigenvalue weighted by Gasteiger charge is -2.28. The first-order valence-electron chi connectivity index (χ1n) is 38.0. The first-order chi connectivity index (χ1) is 50.7. The van der Waals surface area contributed by atoms with Crippen LogP contribution in [0.2, 0.25) is 0 Å². The molecule has 0 amide bonds. The maximum atomic E-state index is 2.40. The number of anilines is 12. The summed E-state index contributed by atoms with van der Waals surface area (Å²) >= 11 is 0. The molecular weight excluding hydrogens is 1270 g/mol. The van der Waals surface area contributed by atoms with E-state index in [4.69, 9.17) is 0 Å². The van der Waals surface area contributed by atoms with Crippen molar-refractivity contribution >= 4 is 68.2 Å². The van der Waals surface area contributed by atoms with E-state index in [1.165, 1.54) is 107 Å². The Morgan fingerprint density at radius 1 is 0.231 bits per heavy atom. The maximum Gasteiger partial charge on any atom is 0.100 e. The van der Waals surface area contributed by atoms with Gasteiger partial charge in [-0.15, -0.1) is 0 Å². The third-order valence-corrected chi connectivity index (χ3v) is 17.9. The van der Waals surface area contributed by atoms with E-state index in [2.05, 4.69) is 405 Å². The Hall–Kier alpha value is -10.6. The first kappa shape index (κ1) is 82.4. The smallest absolute Gasteiger partial charge is 0.100 e. The lowest BCUT2D eigenvalue weighted by atomic mass is 9.92. The lowest BCUT2D eigenvalue weighted by Crippen LogP contribution is -2.27. The van der Waals surface area contributed by atoms with Crippen molar-refractivity contribution in [2.75, 3.05) is 91.5 Å². The Morgan fingerprint density at radius 2 is 0.519 bits per heavy atom. The third-order valence-electron chi connectivity index (χ3n) is 17.9. The summed E-state index contributed by atoms with van der Waals surface area (Å²) in [5.41, 5.74) is 24.8. The summed E-state index contributed by atoms with van der Waals surface area (Å²) in [5, 5.41) is 0. The average Bonchev–Trinajstić information content (AvgIpc) is 1.67. The van der Waals surface area contributed by atoms with Gasteiger partial charge in [-0.1, -0.05) is 267 Å². The first-order valence-corrected chi connectivity index (χ1v) is 38.0. The van der Waals surface area contributed by atoms with E-state index in [1.54, 1.807) is 0 Å². The van der Waals surface area contributed by atoms with Gasteiger partial charge < -0.3 is 49.0 Å². The van der Waals surface area contributed by atoms with Crippen LogP contribution in [0.3, 0.4) is 0 Å². The summed E-state index contributed by atoms with van der Waals surface area (Å²) in [4.78, 5) is 23.0. The summed E-state index contributed by atoms with van der Waals surface area (Å²) in [6.45, 7) is 44.4. The zero-order valence-electron chi connectivity index (χ0n) is 66.8. The third kappa shape index (κ3) is 21.3. The molecule has 5 aliphatic rings. The van der Waals surface area contributed by atoms with E-state index in [1.807, 2.05) is 75.3 Å². The fourth-order valence-corrected chi connectivity index (χ4v) is 12.8. The molecule has 0 radical (unpaired) electrons. The van der Waals surface area contributed by atoms with Gasteiger partial charge in [-0.05, 0) is 164 Å². The molecule has 10 aromatic rings. The van der Waals surface area contributed by atoms with Crippen LogP contribution in [-0.4, -0.2) is 52.3 Å². The zero-order chi connectivity index (χ0) is 75.7. The summed E-state index contributed by atoms with van der Waals surface area (Å²) < 4.78 is 0. The summed E-state index contributed by atoms with van der Waals surface area (Å²) in [7, 11) is 4.21. The molecule has 104 heavy (non-hydrogen) atoms. The van der Waals surface area contributed by atoms with Crippen molar-refractivity contribution in [1.82, 2.24) is 4.90 Å². The van der Waals surface area contributed by atoms with Gasteiger partial charge in [-0.3, -0.25) is 0 Å². The van der Waals surface area contributed by atoms with Crippen molar-refractivity contribution in [3.05, 3.63) is 325 Å². The molecule has 0 N–H and O–H groups in total. The second-order valence-electron chi connectivity index (χ2n) is 25.4. The van der Waals surface area contributed by atoms with Gasteiger partial charge in [-0.25, -0.2) is 0 Å². The highest BCUT2D eigenvalue weighted by atomic mass is 15.4. The molecule has 0 aliphatic carbocycles. The Bertz CT molecular complexity index is 4190. The Morgan fingerprint density at radius 3 is 0.904 bits per heavy atom. The molecule has 5 aliphatic heterocycles. The van der Waals surface area contributed by atoms with Crippen LogP contribution in [0.25, 0.3) is 0 Å². The van der Waals surface area contributed by atoms with Crippen molar-refractivity contribution in [3.8, 4) is 0 Å². The highest BCUT2D eigenvalue weighted by Gasteiger charge is 2.29. The summed E-state index contributed by atoms with van der Waals surface area (Å²) in [5.74, 6) is 1.03. The number of rotatable bonds is 10. The molecular formula is C94H122N10. The van der Waals surface area contributed by atoms with E-state index in [0.717, 1.165) is 33.3 Å². The van der Waals surface area contributed by atoms with Gasteiger partial charge in [-0.2, -0.15) is 0 Å². The van der Waals surface area contributed by atoms with Crippen molar-refractivity contribution in [2.24, 2.45) is 0 Å². The maximum absolute atomic E-state index is 2.40. The number of para-hydroxylation sites is 12. The molecule has 10 heteroatoms. The molecule has 0 saturated heterocycles. The van der Waals surface area contributed by atoms with Crippen molar-refractivity contribution in [1.29, 1.82) is 0 Å². The molecule has 10 nitrogen and oxygen atoms in total. The van der Waals surface area contributed by atoms with Crippen LogP contribution in [0.5, 0.6) is 0 Å². The van der Waals surface area contributed by atoms with E-state index in [0.29, 0.717) is 11.8 Å². The number of nitrogens with zero attached hydrogens (tertiary/aromatic N) is 10. The highest BCUT2D eigenvalue weighted by molar-refractivity contribution is 5.88. The molecule has 15 rings (SSSR count). The van der Waals surface area contributed by atoms with E-state index < -0.39 is 0 Å². The quantitative estimate of drug-likeness (QED) is 0.132. The highest BCUT2D eigenvalue weighted by Crippen LogP contribution is 2.45. The van der Waals surface area contributed by atoms with Gasteiger partial charge >= 0.3 is 0 Å². The predicted molar refractivity (Wildman–Crippen MR) is 460 cm³/mol. The SMILES string of the molecule is CC.CC.CC.CC.CC.Cc1ccccc1N1C=CN(C)C1.Cc1ccccc1N1C=CN(c2c(C(C)C)cccc2C(C)C)C1.Cc1ccccc1N1C=CN(c2ccccc2)C1.Cc1ccccc1N1CN(C)c2ccccc21.Cc1ccccc1N1CN(c2ccccc2)c2ccccc21. The second kappa shape index (κ2) is 42.7. The van der Waals surface area contributed by atoms with Crippen LogP contribution in [0.1, 0.15) is 148 Å². The number of fused-ring (bicyclic) bond motifs is 2. The van der Waals surface area contributed by atoms with Crippen molar-refractivity contribution < 1.29 is 0 Å². The lowest BCUT2D eigenvalue weighted by molar-refractivity contribution is 0.495. The van der Waals surface area contributed by atoms with Crippen molar-refractivity contribution in [2.45, 2.75) is 143 Å². The van der Waals surface area contributed by atoms with Crippen LogP contribution in [0, 0.1) is 34.6 Å². The fraction of sp³-hybridized carbons (Fsp3) is 0.298. The van der Waals surface area contributed by atoms with Crippen molar-refractivity contribution in [3.63, 3.8) is 0 Å². The Kier molecular flexibility index (Phi) is 33.9. The van der Waals surface area contributed by atoms with Gasteiger partial charge in [0.1, 0.15) is 6.67 Å². The topological polar surface area (TPSA) is 32.4 Å². The number of hydrogen-bond acceptors (Lipinski definition) is 10. The molecule has 0 fully saturated rings. The van der Waals surface area contributed by atoms with Gasteiger partial charge in [0.2, 0.25) is 0 Å². The molecule has 0 unspecified atom stereocenters. The zero-order valence-corrected chi connectivity index (χ0v) is 66.8. The van der Waals surface area contributed by atoms with Gasteiger partial charge in [0.15, 0.2) is 0 Å². The minimum Gasteiger partial charge on any atom is -0.361 e. The van der Waals surface area contributed by atoms with E-state index in [9.17, 15) is 0 Å². The van der Waals surface area contributed by atoms with Gasteiger partial charge in [0.05, 0.1) is 49.4 Å². The van der Waals surface area contributed by atoms with E-state index >= 15 is 0 Å². The molecule has 5 heterocycles. The largest absolute Gasteiger partial charge is 0.361 e. The predicted octanol–water partition coefficient (Wildman–Crippen LogP) is 25.8. The number of aryl methyl sites for hydroxylation is 5. The van der Waals surface area contributed by atoms with Crippen LogP contribution < -0.4 is 44.1 Å². The number of benzene rings is 10. The van der Waals surface area contributed by atoms with Crippen LogP contribution >= 0.6 is 0 Å². The summed E-state index contributed by atoms with van der Waals surface area (Å²) in [6, 6.07) is 87.5. The minimum absolute atomic E-state index is 0.514. The molecule has 0 spiro atoms. The Labute approximate surface area is 629 Å². The fourth-order valence-electron chi connectivity index (χ4n) is 12.8. The van der Waals surface area contributed by atoms with Crippen LogP contribution in [0.4, 0.5) is 68.2 Å². The number of hydrogen-bond donors (Lipinski definition) is 0. The molecule has 0 saturated carbocycles. The van der Waals surface area contributed by atoms with Gasteiger partial charge in [0, 0.05) is 96.8 Å². The van der Waals surface area contributed by atoms with Crippen LogP contribution in [0.15, 0.2) is 286 Å². The summed E-state index contributed by atoms with van der Waals surface area (Å²) in [6.07, 6.45) is 12.9. The Balaban J connectivity index is 0.000000200. The molecule has 548 valence electrons. The average molecular weight is 1390 g/mol. The standard InChI is InChI=1S/C22H28N2.C20H18N2.C16H16N2.C15H16N2.C11H14N2.5C2H6/c1-16(2)19-10-8-11-20(17(3)4)22(19)24-14-13-23(15-24)21-12-7-6-9-18(21)5;1-16-9-5-6-12-18(16)22-15-21(17-10-3-2-4-11-17)19-13-7-8-14-20(19)22;1-14-7-5-6-10-16(14)18-12-11-17(13-18)15-8-3-2-4-9-15;1-12-7-3-4-8-13(12)17-11-16(2)14-9-5-6-10-15(14)17;1-10-5-3-4-6-11(10)13-8-7-12(2)9-13;5*1-2/h6-14,16-17H,15H2,1-5H3;2-14H,15H2,1H3;2-12H,13H2,1H3;3-10H,11H2,1-2H3;3-8H,9H2,1-2H3;5*1-2H3. The molecule has 10 aromatic carbocycles. The minimum atomic E-state index is 0.514.